The van der Waals surface area contributed by atoms with Gasteiger partial charge < -0.3 is 14.9 Å². The topological polar surface area (TPSA) is 67.5 Å². The predicted molar refractivity (Wildman–Crippen MR) is 76.8 cm³/mol. The fraction of sp³-hybridized carbons (Fsp3) is 0.800. The summed E-state index contributed by atoms with van der Waals surface area (Å²) in [4.78, 5) is 0. The molecule has 0 bridgehead atoms. The van der Waals surface area contributed by atoms with Gasteiger partial charge in [0.2, 0.25) is 0 Å². The first kappa shape index (κ1) is 15.3. The minimum Gasteiger partial charge on any atom is -0.493 e. The van der Waals surface area contributed by atoms with E-state index in [1.54, 1.807) is 18.0 Å². The largest absolute Gasteiger partial charge is 0.493 e. The van der Waals surface area contributed by atoms with Gasteiger partial charge in [0.05, 0.1) is 18.9 Å². The molecular weight excluding hydrogens is 256 g/mol. The molecular formula is C15H26N2O3. The Hall–Kier alpha value is -1.07. The van der Waals surface area contributed by atoms with Gasteiger partial charge in [0.25, 0.3) is 0 Å². The molecule has 0 aliphatic heterocycles. The van der Waals surface area contributed by atoms with Gasteiger partial charge in [0.1, 0.15) is 11.8 Å². The van der Waals surface area contributed by atoms with E-state index in [-0.39, 0.29) is 6.04 Å². The first-order valence-corrected chi connectivity index (χ1v) is 7.51. The summed E-state index contributed by atoms with van der Waals surface area (Å²) >= 11 is 0. The lowest BCUT2D eigenvalue weighted by Crippen LogP contribution is -2.37. The molecule has 1 aromatic heterocycles. The number of methoxy groups -OCH3 is 1. The van der Waals surface area contributed by atoms with E-state index >= 15 is 0 Å². The molecule has 1 aromatic rings. The van der Waals surface area contributed by atoms with Crippen LogP contribution < -0.4 is 4.74 Å². The molecule has 2 N–H and O–H groups in total. The van der Waals surface area contributed by atoms with Crippen LogP contribution in [0.5, 0.6) is 5.75 Å². The second-order valence-corrected chi connectivity index (χ2v) is 6.06. The van der Waals surface area contributed by atoms with E-state index in [1.165, 1.54) is 0 Å². The quantitative estimate of drug-likeness (QED) is 0.833. The molecule has 0 amide bonds. The van der Waals surface area contributed by atoms with Gasteiger partial charge >= 0.3 is 0 Å². The summed E-state index contributed by atoms with van der Waals surface area (Å²) in [7, 11) is 1.56. The van der Waals surface area contributed by atoms with Gasteiger partial charge in [-0.25, -0.2) is 0 Å². The zero-order chi connectivity index (χ0) is 14.8. The third-order valence-electron chi connectivity index (χ3n) is 4.25. The van der Waals surface area contributed by atoms with Gasteiger partial charge in [0.15, 0.2) is 5.75 Å². The number of hydrogen-bond acceptors (Lipinski definition) is 4. The van der Waals surface area contributed by atoms with Crippen LogP contribution in [0.3, 0.4) is 0 Å². The summed E-state index contributed by atoms with van der Waals surface area (Å²) in [5.41, 5.74) is -0.483. The molecule has 2 rings (SSSR count). The Morgan fingerprint density at radius 2 is 1.85 bits per heavy atom. The molecule has 0 spiro atoms. The number of aliphatic hydroxyl groups is 2. The van der Waals surface area contributed by atoms with E-state index in [0.29, 0.717) is 24.3 Å². The first-order valence-electron chi connectivity index (χ1n) is 7.51. The lowest BCUT2D eigenvalue weighted by molar-refractivity contribution is -0.0912. The molecule has 1 saturated carbocycles. The Morgan fingerprint density at radius 3 is 2.35 bits per heavy atom. The number of ether oxygens (including phenoxy) is 1. The second kappa shape index (κ2) is 6.14. The molecule has 1 atom stereocenters. The van der Waals surface area contributed by atoms with Crippen molar-refractivity contribution in [3.05, 3.63) is 11.9 Å². The van der Waals surface area contributed by atoms with Crippen molar-refractivity contribution in [2.24, 2.45) is 0 Å². The average Bonchev–Trinajstić information content (AvgIpc) is 2.73. The minimum absolute atomic E-state index is 0.109. The first-order chi connectivity index (χ1) is 9.49. The molecule has 1 heterocycles. The van der Waals surface area contributed by atoms with Crippen molar-refractivity contribution in [1.29, 1.82) is 0 Å². The van der Waals surface area contributed by atoms with Crippen molar-refractivity contribution in [3.63, 3.8) is 0 Å². The van der Waals surface area contributed by atoms with Crippen molar-refractivity contribution >= 4 is 0 Å². The predicted octanol–water partition coefficient (Wildman–Crippen LogP) is 2.59. The van der Waals surface area contributed by atoms with Gasteiger partial charge in [-0.15, -0.1) is 0 Å². The maximum absolute atomic E-state index is 10.9. The second-order valence-electron chi connectivity index (χ2n) is 6.06. The summed E-state index contributed by atoms with van der Waals surface area (Å²) in [5.74, 6) is 0.545. The number of nitrogens with zero attached hydrogens (tertiary/aromatic N) is 2. The average molecular weight is 282 g/mol. The third kappa shape index (κ3) is 2.83. The smallest absolute Gasteiger partial charge is 0.162 e. The number of aromatic nitrogens is 2. The van der Waals surface area contributed by atoms with E-state index in [0.717, 1.165) is 25.7 Å². The van der Waals surface area contributed by atoms with E-state index in [1.807, 2.05) is 13.8 Å². The van der Waals surface area contributed by atoms with Crippen molar-refractivity contribution in [1.82, 2.24) is 9.78 Å². The Bertz CT molecular complexity index is 434. The highest BCUT2D eigenvalue weighted by Gasteiger charge is 2.40. The van der Waals surface area contributed by atoms with E-state index in [2.05, 4.69) is 5.10 Å². The zero-order valence-electron chi connectivity index (χ0n) is 12.7. The van der Waals surface area contributed by atoms with Crippen LogP contribution in [-0.4, -0.2) is 32.7 Å². The SMILES string of the molecule is COc1cnn(C(C)C)c1C(O)C1(O)CCCCCC1. The zero-order valence-corrected chi connectivity index (χ0v) is 12.7. The maximum atomic E-state index is 10.9. The van der Waals surface area contributed by atoms with E-state index in [4.69, 9.17) is 4.74 Å². The number of aliphatic hydroxyl groups excluding tert-OH is 1. The monoisotopic (exact) mass is 282 g/mol. The Kier molecular flexibility index (Phi) is 4.70. The minimum atomic E-state index is -1.07. The third-order valence-corrected chi connectivity index (χ3v) is 4.25. The summed E-state index contributed by atoms with van der Waals surface area (Å²) < 4.78 is 7.05. The summed E-state index contributed by atoms with van der Waals surface area (Å²) in [6.45, 7) is 4.00. The Labute approximate surface area is 120 Å². The number of hydrogen-bond donors (Lipinski definition) is 2. The molecule has 0 aromatic carbocycles. The van der Waals surface area contributed by atoms with Crippen LogP contribution in [0.15, 0.2) is 6.20 Å². The Morgan fingerprint density at radius 1 is 1.25 bits per heavy atom. The molecule has 5 nitrogen and oxygen atoms in total. The van der Waals surface area contributed by atoms with Crippen molar-refractivity contribution in [3.8, 4) is 5.75 Å². The molecule has 1 unspecified atom stereocenters. The highest BCUT2D eigenvalue weighted by molar-refractivity contribution is 5.29. The molecule has 1 aliphatic rings. The maximum Gasteiger partial charge on any atom is 0.162 e. The Balaban J connectivity index is 2.35. The summed E-state index contributed by atoms with van der Waals surface area (Å²) in [5, 5.41) is 25.9. The van der Waals surface area contributed by atoms with Crippen molar-refractivity contribution < 1.29 is 14.9 Å². The van der Waals surface area contributed by atoms with Gasteiger partial charge in [0, 0.05) is 6.04 Å². The lowest BCUT2D eigenvalue weighted by Gasteiger charge is -2.33. The molecule has 0 radical (unpaired) electrons. The molecule has 5 heteroatoms. The summed E-state index contributed by atoms with van der Waals surface area (Å²) in [6, 6.07) is 0.109. The molecule has 1 fully saturated rings. The van der Waals surface area contributed by atoms with Crippen LogP contribution in [0.4, 0.5) is 0 Å². The lowest BCUT2D eigenvalue weighted by atomic mass is 9.86. The van der Waals surface area contributed by atoms with Crippen LogP contribution in [0.2, 0.25) is 0 Å². The van der Waals surface area contributed by atoms with Gasteiger partial charge in [-0.05, 0) is 26.7 Å². The van der Waals surface area contributed by atoms with Gasteiger partial charge in [-0.1, -0.05) is 25.7 Å². The van der Waals surface area contributed by atoms with Crippen LogP contribution in [0.1, 0.15) is 70.2 Å². The molecule has 114 valence electrons. The molecule has 1 aliphatic carbocycles. The number of rotatable bonds is 4. The van der Waals surface area contributed by atoms with E-state index < -0.39 is 11.7 Å². The van der Waals surface area contributed by atoms with Crippen LogP contribution in [0.25, 0.3) is 0 Å². The van der Waals surface area contributed by atoms with E-state index in [9.17, 15) is 10.2 Å². The van der Waals surface area contributed by atoms with Crippen LogP contribution >= 0.6 is 0 Å². The van der Waals surface area contributed by atoms with Crippen molar-refractivity contribution in [2.75, 3.05) is 7.11 Å². The molecule has 0 saturated heterocycles. The van der Waals surface area contributed by atoms with Gasteiger partial charge in [-0.2, -0.15) is 5.10 Å². The van der Waals surface area contributed by atoms with Crippen molar-refractivity contribution in [2.45, 2.75) is 70.1 Å². The molecule has 20 heavy (non-hydrogen) atoms. The fourth-order valence-electron chi connectivity index (χ4n) is 3.05. The highest BCUT2D eigenvalue weighted by Crippen LogP contribution is 2.41. The standard InChI is InChI=1S/C15H26N2O3/c1-11(2)17-13(12(20-3)10-16-17)14(18)15(19)8-6-4-5-7-9-15/h10-11,14,18-19H,4-9H2,1-3H3. The highest BCUT2D eigenvalue weighted by atomic mass is 16.5. The van der Waals surface area contributed by atoms with Crippen LogP contribution in [0, 0.1) is 0 Å². The van der Waals surface area contributed by atoms with Crippen LogP contribution in [-0.2, 0) is 0 Å². The fourth-order valence-corrected chi connectivity index (χ4v) is 3.05. The summed E-state index contributed by atoms with van der Waals surface area (Å²) in [6.07, 6.45) is 6.04. The van der Waals surface area contributed by atoms with Gasteiger partial charge in [-0.3, -0.25) is 4.68 Å². The normalized spacial score (nSPS) is 20.7.